The molecule has 164 valence electrons. The van der Waals surface area contributed by atoms with E-state index in [1.807, 2.05) is 0 Å². The zero-order valence-electron chi connectivity index (χ0n) is 16.9. The third-order valence-corrected chi connectivity index (χ3v) is 4.44. The van der Waals surface area contributed by atoms with Gasteiger partial charge in [0.2, 0.25) is 5.88 Å². The molecule has 10 heteroatoms. The molecule has 2 aromatic rings. The van der Waals surface area contributed by atoms with E-state index in [1.165, 1.54) is 26.0 Å². The van der Waals surface area contributed by atoms with Crippen LogP contribution in [0.2, 0.25) is 10.0 Å². The van der Waals surface area contributed by atoms with Crippen molar-refractivity contribution in [3.63, 3.8) is 0 Å². The van der Waals surface area contributed by atoms with Crippen molar-refractivity contribution in [3.05, 3.63) is 56.8 Å². The van der Waals surface area contributed by atoms with Gasteiger partial charge in [-0.1, -0.05) is 29.3 Å². The Morgan fingerprint density at radius 2 is 1.84 bits per heavy atom. The van der Waals surface area contributed by atoms with Crippen LogP contribution in [0.1, 0.15) is 45.9 Å². The highest BCUT2D eigenvalue weighted by Crippen LogP contribution is 2.28. The van der Waals surface area contributed by atoms with Crippen molar-refractivity contribution in [3.8, 4) is 0 Å². The molecule has 0 saturated heterocycles. The van der Waals surface area contributed by atoms with Crippen molar-refractivity contribution in [2.24, 2.45) is 0 Å². The van der Waals surface area contributed by atoms with Crippen molar-refractivity contribution in [2.45, 2.75) is 20.8 Å². The van der Waals surface area contributed by atoms with E-state index >= 15 is 0 Å². The average Bonchev–Trinajstić information content (AvgIpc) is 3.01. The average molecular weight is 468 g/mol. The van der Waals surface area contributed by atoms with Gasteiger partial charge in [0.25, 0.3) is 5.91 Å². The number of anilines is 1. The molecule has 1 aromatic carbocycles. The number of nitrogens with one attached hydrogen (secondary N) is 1. The van der Waals surface area contributed by atoms with Crippen LogP contribution in [0, 0.1) is 6.92 Å². The summed E-state index contributed by atoms with van der Waals surface area (Å²) in [7, 11) is 0. The number of Topliss-reactive ketones (excluding diaryl/α,β-unsaturated/α-hetero) is 1. The predicted octanol–water partition coefficient (Wildman–Crippen LogP) is 4.47. The van der Waals surface area contributed by atoms with E-state index < -0.39 is 30.2 Å². The minimum Gasteiger partial charge on any atom is -0.462 e. The maximum atomic E-state index is 12.2. The highest BCUT2D eigenvalue weighted by molar-refractivity contribution is 6.35. The first-order chi connectivity index (χ1) is 14.6. The number of esters is 2. The first-order valence-electron chi connectivity index (χ1n) is 9.05. The van der Waals surface area contributed by atoms with E-state index in [0.717, 1.165) is 6.08 Å². The minimum absolute atomic E-state index is 0.00789. The van der Waals surface area contributed by atoms with Crippen molar-refractivity contribution in [2.75, 3.05) is 18.5 Å². The van der Waals surface area contributed by atoms with Gasteiger partial charge in [-0.3, -0.25) is 14.9 Å². The standard InChI is InChI=1S/C21H19Cl2NO7/c1-4-29-21(28)19-18(11(2)25)12(3)31-20(19)24-16(26)10-30-17(27)8-6-13-5-7-14(22)9-15(13)23/h5-9H,4,10H2,1-3H3,(H,24,26)/b8-6+. The fourth-order valence-electron chi connectivity index (χ4n) is 2.60. The van der Waals surface area contributed by atoms with Gasteiger partial charge in [-0.25, -0.2) is 9.59 Å². The largest absolute Gasteiger partial charge is 0.462 e. The maximum Gasteiger partial charge on any atom is 0.344 e. The molecule has 0 bridgehead atoms. The SMILES string of the molecule is CCOC(=O)c1c(NC(=O)COC(=O)/C=C/c2ccc(Cl)cc2Cl)oc(C)c1C(C)=O. The van der Waals surface area contributed by atoms with Gasteiger partial charge in [-0.05, 0) is 44.5 Å². The fraction of sp³-hybridized carbons (Fsp3) is 0.238. The van der Waals surface area contributed by atoms with Crippen molar-refractivity contribution >= 4 is 58.8 Å². The molecule has 1 amide bonds. The molecule has 0 atom stereocenters. The van der Waals surface area contributed by atoms with Gasteiger partial charge in [0, 0.05) is 16.1 Å². The number of ketones is 1. The van der Waals surface area contributed by atoms with E-state index in [2.05, 4.69) is 5.32 Å². The van der Waals surface area contributed by atoms with Crippen LogP contribution in [-0.2, 0) is 19.1 Å². The molecule has 8 nitrogen and oxygen atoms in total. The number of carbonyl (C=O) groups is 4. The number of rotatable bonds is 8. The highest BCUT2D eigenvalue weighted by Gasteiger charge is 2.28. The second-order valence-electron chi connectivity index (χ2n) is 6.17. The zero-order valence-corrected chi connectivity index (χ0v) is 18.4. The molecule has 2 rings (SSSR count). The van der Waals surface area contributed by atoms with Crippen LogP contribution in [0.25, 0.3) is 6.08 Å². The second-order valence-corrected chi connectivity index (χ2v) is 7.01. The number of ether oxygens (including phenoxy) is 2. The number of amides is 1. The summed E-state index contributed by atoms with van der Waals surface area (Å²) < 4.78 is 15.1. The normalized spacial score (nSPS) is 10.7. The molecule has 0 saturated carbocycles. The lowest BCUT2D eigenvalue weighted by atomic mass is 10.1. The van der Waals surface area contributed by atoms with Gasteiger partial charge < -0.3 is 13.9 Å². The number of aryl methyl sites for hydroxylation is 1. The third kappa shape index (κ3) is 6.44. The minimum atomic E-state index is -0.820. The third-order valence-electron chi connectivity index (χ3n) is 3.88. The number of furan rings is 1. The molecule has 0 spiro atoms. The number of halogens is 2. The molecule has 1 N–H and O–H groups in total. The molecule has 1 heterocycles. The summed E-state index contributed by atoms with van der Waals surface area (Å²) in [4.78, 5) is 48.1. The van der Waals surface area contributed by atoms with Gasteiger partial charge in [-0.15, -0.1) is 0 Å². The molecule has 0 fully saturated rings. The van der Waals surface area contributed by atoms with E-state index in [4.69, 9.17) is 37.1 Å². The van der Waals surface area contributed by atoms with Crippen LogP contribution in [0.3, 0.4) is 0 Å². The topological polar surface area (TPSA) is 112 Å². The summed E-state index contributed by atoms with van der Waals surface area (Å²) in [5, 5.41) is 3.11. The lowest BCUT2D eigenvalue weighted by Crippen LogP contribution is -2.21. The molecule has 0 aliphatic rings. The van der Waals surface area contributed by atoms with Gasteiger partial charge in [0.15, 0.2) is 12.4 Å². The van der Waals surface area contributed by atoms with E-state index in [9.17, 15) is 19.2 Å². The second kappa shape index (κ2) is 10.8. The Balaban J connectivity index is 2.05. The summed E-state index contributed by atoms with van der Waals surface area (Å²) in [6.07, 6.45) is 2.50. The Kier molecular flexibility index (Phi) is 8.41. The lowest BCUT2D eigenvalue weighted by Gasteiger charge is -2.06. The number of hydrogen-bond acceptors (Lipinski definition) is 7. The number of hydrogen-bond donors (Lipinski definition) is 1. The van der Waals surface area contributed by atoms with Crippen LogP contribution < -0.4 is 5.32 Å². The predicted molar refractivity (Wildman–Crippen MR) is 114 cm³/mol. The van der Waals surface area contributed by atoms with Crippen molar-refractivity contribution in [1.82, 2.24) is 0 Å². The van der Waals surface area contributed by atoms with Crippen molar-refractivity contribution in [1.29, 1.82) is 0 Å². The number of carbonyl (C=O) groups excluding carboxylic acids is 4. The molecular formula is C21H19Cl2NO7. The monoisotopic (exact) mass is 467 g/mol. The summed E-state index contributed by atoms with van der Waals surface area (Å²) in [5.74, 6) is -2.94. The van der Waals surface area contributed by atoms with Gasteiger partial charge >= 0.3 is 11.9 Å². The van der Waals surface area contributed by atoms with E-state index in [-0.39, 0.29) is 29.4 Å². The van der Waals surface area contributed by atoms with Crippen LogP contribution in [0.5, 0.6) is 0 Å². The van der Waals surface area contributed by atoms with Gasteiger partial charge in [-0.2, -0.15) is 0 Å². The summed E-state index contributed by atoms with van der Waals surface area (Å²) >= 11 is 11.8. The Labute approximate surface area is 188 Å². The molecule has 0 aliphatic heterocycles. The fourth-order valence-corrected chi connectivity index (χ4v) is 3.07. The summed E-state index contributed by atoms with van der Waals surface area (Å²) in [5.41, 5.74) is 0.353. The lowest BCUT2D eigenvalue weighted by molar-refractivity contribution is -0.142. The first kappa shape index (κ1) is 24.2. The molecule has 31 heavy (non-hydrogen) atoms. The Bertz CT molecular complexity index is 1060. The first-order valence-corrected chi connectivity index (χ1v) is 9.80. The summed E-state index contributed by atoms with van der Waals surface area (Å²) in [6.45, 7) is 3.74. The molecule has 0 aliphatic carbocycles. The molecule has 1 aromatic heterocycles. The molecule has 0 unspecified atom stereocenters. The summed E-state index contributed by atoms with van der Waals surface area (Å²) in [6, 6.07) is 4.74. The molecule has 0 radical (unpaired) electrons. The molecular weight excluding hydrogens is 449 g/mol. The Hall–Kier alpha value is -3.10. The van der Waals surface area contributed by atoms with Crippen LogP contribution >= 0.6 is 23.2 Å². The van der Waals surface area contributed by atoms with Crippen molar-refractivity contribution < 1.29 is 33.1 Å². The Morgan fingerprint density at radius 1 is 1.13 bits per heavy atom. The van der Waals surface area contributed by atoms with Crippen LogP contribution in [0.15, 0.2) is 28.7 Å². The van der Waals surface area contributed by atoms with E-state index in [1.54, 1.807) is 19.1 Å². The smallest absolute Gasteiger partial charge is 0.344 e. The zero-order chi connectivity index (χ0) is 23.1. The quantitative estimate of drug-likeness (QED) is 0.346. The highest BCUT2D eigenvalue weighted by atomic mass is 35.5. The number of benzene rings is 1. The van der Waals surface area contributed by atoms with Crippen LogP contribution in [-0.4, -0.2) is 36.8 Å². The maximum absolute atomic E-state index is 12.2. The van der Waals surface area contributed by atoms with Crippen LogP contribution in [0.4, 0.5) is 5.88 Å². The van der Waals surface area contributed by atoms with Gasteiger partial charge in [0.05, 0.1) is 12.2 Å². The van der Waals surface area contributed by atoms with E-state index in [0.29, 0.717) is 15.6 Å². The van der Waals surface area contributed by atoms with Gasteiger partial charge in [0.1, 0.15) is 11.3 Å². The Morgan fingerprint density at radius 3 is 2.45 bits per heavy atom.